The van der Waals surface area contributed by atoms with Crippen LogP contribution in [0.5, 0.6) is 0 Å². The molecule has 4 heterocycles. The number of para-hydroxylation sites is 2. The Labute approximate surface area is 349 Å². The summed E-state index contributed by atoms with van der Waals surface area (Å²) < 4.78 is 5.30. The van der Waals surface area contributed by atoms with Crippen molar-refractivity contribution in [1.82, 2.24) is 0 Å². The lowest BCUT2D eigenvalue weighted by Gasteiger charge is -2.35. The largest absolute Gasteiger partial charge is 0.308 e. The van der Waals surface area contributed by atoms with Crippen molar-refractivity contribution in [3.8, 4) is 0 Å². The highest BCUT2D eigenvalue weighted by Crippen LogP contribution is 2.58. The van der Waals surface area contributed by atoms with Crippen LogP contribution in [0, 0.1) is 0 Å². The molecule has 0 amide bonds. The number of nitrogens with zero attached hydrogens (tertiary/aromatic N) is 2. The van der Waals surface area contributed by atoms with Crippen molar-refractivity contribution in [2.45, 2.75) is 19.6 Å². The van der Waals surface area contributed by atoms with Gasteiger partial charge in [-0.25, -0.2) is 0 Å². The summed E-state index contributed by atoms with van der Waals surface area (Å²) >= 11 is 7.55. The second-order valence-corrected chi connectivity index (χ2v) is 19.6. The minimum Gasteiger partial charge on any atom is -0.308 e. The zero-order valence-electron chi connectivity index (χ0n) is 30.7. The molecule has 0 aliphatic carbocycles. The van der Waals surface area contributed by atoms with E-state index in [9.17, 15) is 0 Å². The lowest BCUT2D eigenvalue weighted by Crippen LogP contribution is -2.15. The molecule has 6 heteroatoms. The SMILES string of the molecule is c1ccc2c(c1)Sc1cc3c(cc1N2c1ccc2ccc4c(N5c6ccccc6Sc6cc7c(cc65)sc5ccccc57)ccc5ccc1c2c54)sc1ccccc13. The van der Waals surface area contributed by atoms with Crippen LogP contribution in [-0.2, 0) is 0 Å². The zero-order valence-corrected chi connectivity index (χ0v) is 34.0. The molecule has 2 nitrogen and oxygen atoms in total. The van der Waals surface area contributed by atoms with E-state index >= 15 is 0 Å². The fraction of sp³-hybridized carbons (Fsp3) is 0. The summed E-state index contributed by atoms with van der Waals surface area (Å²) in [7, 11) is 0. The van der Waals surface area contributed by atoms with Crippen LogP contribution in [0.3, 0.4) is 0 Å². The van der Waals surface area contributed by atoms with E-state index in [1.54, 1.807) is 0 Å². The van der Waals surface area contributed by atoms with E-state index in [2.05, 4.69) is 180 Å². The fourth-order valence-corrected chi connectivity index (χ4v) is 14.0. The maximum Gasteiger partial charge on any atom is 0.0616 e. The van der Waals surface area contributed by atoms with Crippen molar-refractivity contribution in [2.75, 3.05) is 9.80 Å². The first kappa shape index (κ1) is 32.0. The van der Waals surface area contributed by atoms with Crippen LogP contribution < -0.4 is 9.80 Å². The molecule has 2 aromatic heterocycles. The molecule has 0 fully saturated rings. The van der Waals surface area contributed by atoms with Crippen molar-refractivity contribution < 1.29 is 0 Å². The predicted octanol–water partition coefficient (Wildman–Crippen LogP) is 17.2. The molecule has 0 radical (unpaired) electrons. The van der Waals surface area contributed by atoms with E-state index in [1.165, 1.54) is 126 Å². The summed E-state index contributed by atoms with van der Waals surface area (Å²) in [5, 5.41) is 13.0. The van der Waals surface area contributed by atoms with Gasteiger partial charge in [0.05, 0.1) is 34.1 Å². The Hall–Kier alpha value is -6.02. The van der Waals surface area contributed by atoms with Gasteiger partial charge in [0.15, 0.2) is 0 Å². The number of rotatable bonds is 2. The first-order chi connectivity index (χ1) is 28.7. The Morgan fingerprint density at radius 2 is 0.707 bits per heavy atom. The smallest absolute Gasteiger partial charge is 0.0616 e. The highest BCUT2D eigenvalue weighted by molar-refractivity contribution is 8.00. The molecule has 10 aromatic carbocycles. The number of hydrogen-bond donors (Lipinski definition) is 0. The number of thiophene rings is 2. The van der Waals surface area contributed by atoms with Crippen LogP contribution in [0.15, 0.2) is 189 Å². The fourth-order valence-electron chi connectivity index (χ4n) is 9.63. The minimum atomic E-state index is 1.21. The molecule has 0 spiro atoms. The van der Waals surface area contributed by atoms with Crippen molar-refractivity contribution in [3.63, 3.8) is 0 Å². The van der Waals surface area contributed by atoms with Crippen molar-refractivity contribution in [3.05, 3.63) is 170 Å². The van der Waals surface area contributed by atoms with Gasteiger partial charge < -0.3 is 9.80 Å². The summed E-state index contributed by atoms with van der Waals surface area (Å²) in [6, 6.07) is 63.9. The molecular formula is C52H28N2S4. The zero-order chi connectivity index (χ0) is 37.6. The molecular weight excluding hydrogens is 781 g/mol. The lowest BCUT2D eigenvalue weighted by molar-refractivity contribution is 1.18. The Morgan fingerprint density at radius 3 is 1.21 bits per heavy atom. The molecule has 0 atom stereocenters. The molecule has 0 unspecified atom stereocenters. The highest BCUT2D eigenvalue weighted by atomic mass is 32.2. The Morgan fingerprint density at radius 1 is 0.276 bits per heavy atom. The normalized spacial score (nSPS) is 13.7. The van der Waals surface area contributed by atoms with Crippen LogP contribution in [0.4, 0.5) is 34.1 Å². The van der Waals surface area contributed by atoms with Crippen molar-refractivity contribution >= 4 is 153 Å². The minimum absolute atomic E-state index is 1.21. The Bertz CT molecular complexity index is 3480. The van der Waals surface area contributed by atoms with Gasteiger partial charge in [0.1, 0.15) is 0 Å². The molecule has 58 heavy (non-hydrogen) atoms. The van der Waals surface area contributed by atoms with Crippen LogP contribution in [0.1, 0.15) is 0 Å². The third-order valence-corrected chi connectivity index (χ3v) is 16.6. The molecule has 0 saturated heterocycles. The van der Waals surface area contributed by atoms with Crippen LogP contribution in [0.2, 0.25) is 0 Å². The van der Waals surface area contributed by atoms with E-state index < -0.39 is 0 Å². The van der Waals surface area contributed by atoms with Gasteiger partial charge in [0, 0.05) is 70.7 Å². The van der Waals surface area contributed by atoms with Gasteiger partial charge in [-0.3, -0.25) is 0 Å². The van der Waals surface area contributed by atoms with E-state index in [4.69, 9.17) is 0 Å². The van der Waals surface area contributed by atoms with Crippen molar-refractivity contribution in [1.29, 1.82) is 0 Å². The maximum atomic E-state index is 2.53. The summed E-state index contributed by atoms with van der Waals surface area (Å²) in [5.74, 6) is 0. The van der Waals surface area contributed by atoms with E-state index in [-0.39, 0.29) is 0 Å². The van der Waals surface area contributed by atoms with Gasteiger partial charge in [-0.05, 0) is 94.3 Å². The molecule has 0 saturated carbocycles. The van der Waals surface area contributed by atoms with E-state index in [0.29, 0.717) is 0 Å². The summed E-state index contributed by atoms with van der Waals surface area (Å²) in [5.41, 5.74) is 7.35. The molecule has 2 aliphatic rings. The number of fused-ring (bicyclic) bond motifs is 10. The number of hydrogen-bond acceptors (Lipinski definition) is 6. The molecule has 12 aromatic rings. The highest BCUT2D eigenvalue weighted by Gasteiger charge is 2.30. The monoisotopic (exact) mass is 808 g/mol. The Kier molecular flexibility index (Phi) is 6.50. The Balaban J connectivity index is 1.02. The molecule has 2 aliphatic heterocycles. The van der Waals surface area contributed by atoms with Crippen LogP contribution >= 0.6 is 46.2 Å². The molecule has 270 valence electrons. The van der Waals surface area contributed by atoms with E-state index in [1.807, 2.05) is 46.2 Å². The maximum absolute atomic E-state index is 2.53. The van der Waals surface area contributed by atoms with Gasteiger partial charge in [0.25, 0.3) is 0 Å². The number of benzene rings is 10. The predicted molar refractivity (Wildman–Crippen MR) is 254 cm³/mol. The summed E-state index contributed by atoms with van der Waals surface area (Å²) in [6.07, 6.45) is 0. The van der Waals surface area contributed by atoms with Gasteiger partial charge in [0.2, 0.25) is 0 Å². The standard InChI is InChI=1S/C52H28N2S4/c1-5-13-43-31(9-1)35-25-49-41(27-47(35)55-43)53(39-11-3-7-15-45(39)57-49)37-23-19-29-18-22-34-38(24-20-30-17-21-33(37)51(29)52(30)34)54-40-12-4-8-16-46(40)58-50-26-36-32-10-2-6-14-44(32)56-48(36)28-42(50)54/h1-28H. The molecule has 0 N–H and O–H groups in total. The van der Waals surface area contributed by atoms with Gasteiger partial charge >= 0.3 is 0 Å². The second-order valence-electron chi connectivity index (χ2n) is 15.2. The van der Waals surface area contributed by atoms with Crippen LogP contribution in [0.25, 0.3) is 72.7 Å². The molecule has 0 bridgehead atoms. The summed E-state index contributed by atoms with van der Waals surface area (Å²) in [6.45, 7) is 0. The third-order valence-electron chi connectivity index (χ3n) is 12.2. The van der Waals surface area contributed by atoms with Gasteiger partial charge in [-0.15, -0.1) is 22.7 Å². The average Bonchev–Trinajstić information content (AvgIpc) is 3.82. The van der Waals surface area contributed by atoms with Gasteiger partial charge in [-0.2, -0.15) is 0 Å². The quantitative estimate of drug-likeness (QED) is 0.160. The first-order valence-electron chi connectivity index (χ1n) is 19.5. The lowest BCUT2D eigenvalue weighted by atomic mass is 9.91. The van der Waals surface area contributed by atoms with E-state index in [0.717, 1.165) is 0 Å². The topological polar surface area (TPSA) is 6.48 Å². The summed E-state index contributed by atoms with van der Waals surface area (Å²) in [4.78, 5) is 10.2. The van der Waals surface area contributed by atoms with Crippen molar-refractivity contribution in [2.24, 2.45) is 0 Å². The second kappa shape index (κ2) is 11.8. The number of anilines is 6. The average molecular weight is 809 g/mol. The third kappa shape index (κ3) is 4.35. The van der Waals surface area contributed by atoms with Gasteiger partial charge in [-0.1, -0.05) is 121 Å². The van der Waals surface area contributed by atoms with Crippen LogP contribution in [-0.4, -0.2) is 0 Å². The molecule has 14 rings (SSSR count). The first-order valence-corrected chi connectivity index (χ1v) is 22.8.